The van der Waals surface area contributed by atoms with E-state index in [-0.39, 0.29) is 12.4 Å². The summed E-state index contributed by atoms with van der Waals surface area (Å²) in [4.78, 5) is 0. The molecule has 0 bridgehead atoms. The Bertz CT molecular complexity index is 740. The lowest BCUT2D eigenvalue weighted by molar-refractivity contribution is 0.250. The Morgan fingerprint density at radius 2 is 1.86 bits per heavy atom. The molecule has 1 aromatic heterocycles. The van der Waals surface area contributed by atoms with E-state index < -0.39 is 0 Å². The Kier molecular flexibility index (Phi) is 3.88. The zero-order chi connectivity index (χ0) is 14.7. The Balaban J connectivity index is 1.71. The molecule has 0 aliphatic heterocycles. The lowest BCUT2D eigenvalue weighted by Gasteiger charge is -2.04. The molecule has 0 N–H and O–H groups in total. The third-order valence-electron chi connectivity index (χ3n) is 2.91. The molecule has 0 fully saturated rings. The van der Waals surface area contributed by atoms with Crippen LogP contribution in [-0.4, -0.2) is 5.16 Å². The fraction of sp³-hybridized carbons (Fsp3) is 0.0625. The van der Waals surface area contributed by atoms with Crippen molar-refractivity contribution < 1.29 is 13.7 Å². The van der Waals surface area contributed by atoms with Gasteiger partial charge in [-0.05, 0) is 36.4 Å². The Labute approximate surface area is 125 Å². The van der Waals surface area contributed by atoms with E-state index in [2.05, 4.69) is 5.16 Å². The first-order valence-corrected chi connectivity index (χ1v) is 6.69. The van der Waals surface area contributed by atoms with E-state index >= 15 is 0 Å². The predicted molar refractivity (Wildman–Crippen MR) is 77.7 cm³/mol. The molecule has 0 spiro atoms. The number of hydrogen-bond donors (Lipinski definition) is 0. The molecule has 0 aliphatic rings. The second-order valence-corrected chi connectivity index (χ2v) is 4.81. The molecule has 0 saturated heterocycles. The van der Waals surface area contributed by atoms with Gasteiger partial charge in [0.1, 0.15) is 23.9 Å². The van der Waals surface area contributed by atoms with Crippen LogP contribution < -0.4 is 4.74 Å². The maximum absolute atomic E-state index is 12.9. The van der Waals surface area contributed by atoms with Gasteiger partial charge in [-0.3, -0.25) is 0 Å². The zero-order valence-electron chi connectivity index (χ0n) is 10.9. The van der Waals surface area contributed by atoms with E-state index in [1.54, 1.807) is 30.3 Å². The molecule has 0 saturated carbocycles. The second kappa shape index (κ2) is 5.97. The SMILES string of the molecule is Fc1ccc(-c2cc(COc3ccccc3Cl)on2)cc1. The van der Waals surface area contributed by atoms with Gasteiger partial charge >= 0.3 is 0 Å². The number of benzene rings is 2. The summed E-state index contributed by atoms with van der Waals surface area (Å²) in [6, 6.07) is 15.0. The van der Waals surface area contributed by atoms with Gasteiger partial charge in [-0.15, -0.1) is 0 Å². The molecule has 0 radical (unpaired) electrons. The molecule has 0 amide bonds. The van der Waals surface area contributed by atoms with Crippen LogP contribution in [0.4, 0.5) is 4.39 Å². The summed E-state index contributed by atoms with van der Waals surface area (Å²) in [5.74, 6) is 0.859. The molecule has 2 aromatic carbocycles. The molecule has 21 heavy (non-hydrogen) atoms. The number of halogens is 2. The van der Waals surface area contributed by atoms with Crippen molar-refractivity contribution in [3.63, 3.8) is 0 Å². The summed E-state index contributed by atoms with van der Waals surface area (Å²) < 4.78 is 23.6. The average Bonchev–Trinajstić information content (AvgIpc) is 2.96. The monoisotopic (exact) mass is 303 g/mol. The first kappa shape index (κ1) is 13.6. The van der Waals surface area contributed by atoms with Crippen LogP contribution >= 0.6 is 11.6 Å². The van der Waals surface area contributed by atoms with Crippen LogP contribution in [0, 0.1) is 5.82 Å². The highest BCUT2D eigenvalue weighted by Crippen LogP contribution is 2.25. The molecule has 106 valence electrons. The highest BCUT2D eigenvalue weighted by Gasteiger charge is 2.08. The van der Waals surface area contributed by atoms with Crippen molar-refractivity contribution in [1.82, 2.24) is 5.16 Å². The summed E-state index contributed by atoms with van der Waals surface area (Å²) >= 11 is 6.00. The Hall–Kier alpha value is -2.33. The molecule has 1 heterocycles. The minimum absolute atomic E-state index is 0.220. The molecule has 3 nitrogen and oxygen atoms in total. The number of nitrogens with zero attached hydrogens (tertiary/aromatic N) is 1. The van der Waals surface area contributed by atoms with Gasteiger partial charge in [-0.25, -0.2) is 4.39 Å². The first-order chi connectivity index (χ1) is 10.2. The minimum atomic E-state index is -0.287. The normalized spacial score (nSPS) is 10.6. The van der Waals surface area contributed by atoms with E-state index in [4.69, 9.17) is 20.9 Å². The average molecular weight is 304 g/mol. The van der Waals surface area contributed by atoms with Gasteiger partial charge < -0.3 is 9.26 Å². The maximum atomic E-state index is 12.9. The molecule has 3 rings (SSSR count). The third-order valence-corrected chi connectivity index (χ3v) is 3.22. The molecule has 0 atom stereocenters. The van der Waals surface area contributed by atoms with Crippen LogP contribution in [-0.2, 0) is 6.61 Å². The van der Waals surface area contributed by atoms with Crippen molar-refractivity contribution in [1.29, 1.82) is 0 Å². The third kappa shape index (κ3) is 3.23. The molecular formula is C16H11ClFNO2. The van der Waals surface area contributed by atoms with Gasteiger partial charge in [0.25, 0.3) is 0 Å². The first-order valence-electron chi connectivity index (χ1n) is 6.31. The summed E-state index contributed by atoms with van der Waals surface area (Å²) in [6.45, 7) is 0.220. The fourth-order valence-corrected chi connectivity index (χ4v) is 2.04. The minimum Gasteiger partial charge on any atom is -0.484 e. The van der Waals surface area contributed by atoms with Gasteiger partial charge in [-0.2, -0.15) is 0 Å². The van der Waals surface area contributed by atoms with Crippen molar-refractivity contribution in [3.05, 3.63) is 71.2 Å². The largest absolute Gasteiger partial charge is 0.484 e. The van der Waals surface area contributed by atoms with Crippen molar-refractivity contribution in [2.75, 3.05) is 0 Å². The molecular weight excluding hydrogens is 293 g/mol. The van der Waals surface area contributed by atoms with E-state index in [0.717, 1.165) is 5.56 Å². The van der Waals surface area contributed by atoms with Crippen LogP contribution in [0.5, 0.6) is 5.75 Å². The summed E-state index contributed by atoms with van der Waals surface area (Å²) in [6.07, 6.45) is 0. The van der Waals surface area contributed by atoms with Crippen LogP contribution in [0.1, 0.15) is 5.76 Å². The molecule has 5 heteroatoms. The number of para-hydroxylation sites is 1. The van der Waals surface area contributed by atoms with Gasteiger partial charge in [0.2, 0.25) is 0 Å². The number of hydrogen-bond acceptors (Lipinski definition) is 3. The summed E-state index contributed by atoms with van der Waals surface area (Å²) in [5.41, 5.74) is 1.41. The van der Waals surface area contributed by atoms with E-state index in [1.165, 1.54) is 12.1 Å². The van der Waals surface area contributed by atoms with Crippen LogP contribution in [0.3, 0.4) is 0 Å². The number of ether oxygens (including phenoxy) is 1. The van der Waals surface area contributed by atoms with Crippen LogP contribution in [0.15, 0.2) is 59.1 Å². The van der Waals surface area contributed by atoms with Crippen molar-refractivity contribution >= 4 is 11.6 Å². The van der Waals surface area contributed by atoms with Crippen LogP contribution in [0.2, 0.25) is 5.02 Å². The predicted octanol–water partition coefficient (Wildman–Crippen LogP) is 4.71. The van der Waals surface area contributed by atoms with E-state index in [1.807, 2.05) is 12.1 Å². The van der Waals surface area contributed by atoms with Crippen molar-refractivity contribution in [2.24, 2.45) is 0 Å². The quantitative estimate of drug-likeness (QED) is 0.700. The summed E-state index contributed by atoms with van der Waals surface area (Å²) in [5, 5.41) is 4.48. The maximum Gasteiger partial charge on any atom is 0.174 e. The van der Waals surface area contributed by atoms with E-state index in [9.17, 15) is 4.39 Å². The highest BCUT2D eigenvalue weighted by atomic mass is 35.5. The molecule has 0 unspecified atom stereocenters. The molecule has 3 aromatic rings. The fourth-order valence-electron chi connectivity index (χ4n) is 1.85. The van der Waals surface area contributed by atoms with Crippen LogP contribution in [0.25, 0.3) is 11.3 Å². The Morgan fingerprint density at radius 3 is 2.62 bits per heavy atom. The molecule has 0 aliphatic carbocycles. The number of aromatic nitrogens is 1. The van der Waals surface area contributed by atoms with Crippen molar-refractivity contribution in [2.45, 2.75) is 6.61 Å². The van der Waals surface area contributed by atoms with Crippen molar-refractivity contribution in [3.8, 4) is 17.0 Å². The standard InChI is InChI=1S/C16H11ClFNO2/c17-14-3-1-2-4-16(14)20-10-13-9-15(19-21-13)11-5-7-12(18)8-6-11/h1-9H,10H2. The van der Waals surface area contributed by atoms with E-state index in [0.29, 0.717) is 22.2 Å². The lowest BCUT2D eigenvalue weighted by Crippen LogP contribution is -1.93. The Morgan fingerprint density at radius 1 is 1.10 bits per heavy atom. The lowest BCUT2D eigenvalue weighted by atomic mass is 10.1. The number of rotatable bonds is 4. The topological polar surface area (TPSA) is 35.3 Å². The van der Waals surface area contributed by atoms with Gasteiger partial charge in [0.15, 0.2) is 5.76 Å². The second-order valence-electron chi connectivity index (χ2n) is 4.40. The smallest absolute Gasteiger partial charge is 0.174 e. The van der Waals surface area contributed by atoms with Gasteiger partial charge in [-0.1, -0.05) is 28.9 Å². The summed E-state index contributed by atoms with van der Waals surface area (Å²) in [7, 11) is 0. The zero-order valence-corrected chi connectivity index (χ0v) is 11.7. The van der Waals surface area contributed by atoms with Gasteiger partial charge in [0.05, 0.1) is 5.02 Å². The van der Waals surface area contributed by atoms with Gasteiger partial charge in [0, 0.05) is 11.6 Å². The highest BCUT2D eigenvalue weighted by molar-refractivity contribution is 6.32.